The summed E-state index contributed by atoms with van der Waals surface area (Å²) in [5, 5.41) is 31.9. The van der Waals surface area contributed by atoms with E-state index in [2.05, 4.69) is 12.2 Å². The van der Waals surface area contributed by atoms with Crippen LogP contribution in [-0.4, -0.2) is 78.3 Å². The zero-order valence-corrected chi connectivity index (χ0v) is 16.6. The minimum absolute atomic E-state index is 0.220. The second-order valence-electron chi connectivity index (χ2n) is 7.04. The lowest BCUT2D eigenvalue weighted by Crippen LogP contribution is -2.64. The van der Waals surface area contributed by atoms with E-state index in [9.17, 15) is 20.1 Å². The van der Waals surface area contributed by atoms with Gasteiger partial charge in [0.1, 0.15) is 24.4 Å². The summed E-state index contributed by atoms with van der Waals surface area (Å²) < 4.78 is 16.6. The average Bonchev–Trinajstić information content (AvgIpc) is 2.64. The number of aliphatic hydroxyl groups excluding tert-OH is 3. The molecule has 1 saturated heterocycles. The van der Waals surface area contributed by atoms with Gasteiger partial charge in [-0.3, -0.25) is 4.79 Å². The fourth-order valence-electron chi connectivity index (χ4n) is 3.10. The predicted molar refractivity (Wildman–Crippen MR) is 100 cm³/mol. The molecule has 1 amide bonds. The molecule has 160 valence electrons. The average molecular weight is 392 g/mol. The highest BCUT2D eigenvalue weighted by Gasteiger charge is 2.45. The third-order valence-electron chi connectivity index (χ3n) is 4.65. The molecule has 4 N–H and O–H groups in total. The van der Waals surface area contributed by atoms with E-state index in [0.29, 0.717) is 13.2 Å². The molecular weight excluding hydrogens is 354 g/mol. The van der Waals surface area contributed by atoms with E-state index < -0.39 is 37.3 Å². The Morgan fingerprint density at radius 1 is 1.00 bits per heavy atom. The molecule has 1 fully saturated rings. The third kappa shape index (κ3) is 9.32. The van der Waals surface area contributed by atoms with E-state index in [1.807, 2.05) is 0 Å². The Kier molecular flexibility index (Phi) is 12.8. The summed E-state index contributed by atoms with van der Waals surface area (Å²) in [4.78, 5) is 11.3. The van der Waals surface area contributed by atoms with Crippen LogP contribution in [0.15, 0.2) is 0 Å². The summed E-state index contributed by atoms with van der Waals surface area (Å²) in [6.07, 6.45) is 4.01. The Labute approximate surface area is 162 Å². The van der Waals surface area contributed by atoms with Crippen molar-refractivity contribution < 1.29 is 34.3 Å². The molecule has 0 unspecified atom stereocenters. The summed E-state index contributed by atoms with van der Waals surface area (Å²) in [6.45, 7) is 4.31. The Bertz CT molecular complexity index is 396. The van der Waals surface area contributed by atoms with Crippen LogP contribution in [0.5, 0.6) is 0 Å². The molecule has 5 atom stereocenters. The summed E-state index contributed by atoms with van der Waals surface area (Å²) in [5.41, 5.74) is 0. The number of unbranched alkanes of at least 4 members (excludes halogenated alkanes) is 6. The zero-order chi connectivity index (χ0) is 20.1. The Morgan fingerprint density at radius 2 is 1.67 bits per heavy atom. The summed E-state index contributed by atoms with van der Waals surface area (Å²) in [6, 6.07) is -0.913. The number of amides is 1. The number of hydrogen-bond acceptors (Lipinski definition) is 7. The molecule has 0 aromatic rings. The molecule has 0 saturated carbocycles. The Balaban J connectivity index is 2.23. The fourth-order valence-corrected chi connectivity index (χ4v) is 3.10. The van der Waals surface area contributed by atoms with Gasteiger partial charge in [-0.1, -0.05) is 45.4 Å². The SMILES string of the molecule is CCCCCCCCCOCCO[C@H]1O[C@H](CO)[C@@H](O)[C@H](O)[C@H]1NC(C)=O. The van der Waals surface area contributed by atoms with Crippen LogP contribution in [0.1, 0.15) is 58.8 Å². The van der Waals surface area contributed by atoms with Crippen molar-refractivity contribution in [1.82, 2.24) is 5.32 Å². The highest BCUT2D eigenvalue weighted by Crippen LogP contribution is 2.22. The lowest BCUT2D eigenvalue weighted by atomic mass is 9.97. The molecule has 0 aliphatic carbocycles. The van der Waals surface area contributed by atoms with Crippen molar-refractivity contribution in [3.63, 3.8) is 0 Å². The fraction of sp³-hybridized carbons (Fsp3) is 0.947. The number of carbonyl (C=O) groups excluding carboxylic acids is 1. The lowest BCUT2D eigenvalue weighted by molar-refractivity contribution is -0.272. The molecule has 8 nitrogen and oxygen atoms in total. The minimum Gasteiger partial charge on any atom is -0.394 e. The van der Waals surface area contributed by atoms with Gasteiger partial charge in [-0.05, 0) is 6.42 Å². The number of hydrogen-bond donors (Lipinski definition) is 4. The maximum atomic E-state index is 11.3. The van der Waals surface area contributed by atoms with Crippen molar-refractivity contribution in [2.75, 3.05) is 26.4 Å². The van der Waals surface area contributed by atoms with Gasteiger partial charge in [-0.25, -0.2) is 0 Å². The zero-order valence-electron chi connectivity index (χ0n) is 16.6. The summed E-state index contributed by atoms with van der Waals surface area (Å²) in [7, 11) is 0. The van der Waals surface area contributed by atoms with Crippen molar-refractivity contribution in [2.24, 2.45) is 0 Å². The molecule has 8 heteroatoms. The summed E-state index contributed by atoms with van der Waals surface area (Å²) in [5.74, 6) is -0.374. The molecule has 0 bridgehead atoms. The van der Waals surface area contributed by atoms with Crippen molar-refractivity contribution in [3.8, 4) is 0 Å². The van der Waals surface area contributed by atoms with Crippen molar-refractivity contribution >= 4 is 5.91 Å². The molecule has 27 heavy (non-hydrogen) atoms. The standard InChI is InChI=1S/C19H37NO7/c1-3-4-5-6-7-8-9-10-25-11-12-26-19-16(20-14(2)22)18(24)17(23)15(13-21)27-19/h15-19,21,23-24H,3-13H2,1-2H3,(H,20,22)/t15-,16-,17-,18-,19+/m1/s1. The van der Waals surface area contributed by atoms with E-state index in [1.165, 1.54) is 39.0 Å². The van der Waals surface area contributed by atoms with Gasteiger partial charge in [0.15, 0.2) is 6.29 Å². The highest BCUT2D eigenvalue weighted by molar-refractivity contribution is 5.73. The van der Waals surface area contributed by atoms with Gasteiger partial charge < -0.3 is 34.8 Å². The first-order valence-corrected chi connectivity index (χ1v) is 10.1. The number of aliphatic hydroxyl groups is 3. The molecule has 0 aromatic carbocycles. The van der Waals surface area contributed by atoms with E-state index >= 15 is 0 Å². The van der Waals surface area contributed by atoms with Gasteiger partial charge >= 0.3 is 0 Å². The monoisotopic (exact) mass is 391 g/mol. The molecule has 1 rings (SSSR count). The van der Waals surface area contributed by atoms with Crippen LogP contribution in [0.25, 0.3) is 0 Å². The van der Waals surface area contributed by atoms with Gasteiger partial charge in [0.2, 0.25) is 5.91 Å². The number of carbonyl (C=O) groups is 1. The van der Waals surface area contributed by atoms with E-state index in [0.717, 1.165) is 12.8 Å². The van der Waals surface area contributed by atoms with Crippen LogP contribution in [0, 0.1) is 0 Å². The van der Waals surface area contributed by atoms with Crippen LogP contribution in [0.3, 0.4) is 0 Å². The molecule has 0 spiro atoms. The van der Waals surface area contributed by atoms with Gasteiger partial charge in [-0.2, -0.15) is 0 Å². The van der Waals surface area contributed by atoms with Crippen molar-refractivity contribution in [2.45, 2.75) is 89.4 Å². The summed E-state index contributed by atoms with van der Waals surface area (Å²) >= 11 is 0. The van der Waals surface area contributed by atoms with Gasteiger partial charge in [-0.15, -0.1) is 0 Å². The normalized spacial score (nSPS) is 28.3. The van der Waals surface area contributed by atoms with Crippen LogP contribution >= 0.6 is 0 Å². The van der Waals surface area contributed by atoms with Gasteiger partial charge in [0.25, 0.3) is 0 Å². The number of nitrogens with one attached hydrogen (secondary N) is 1. The van der Waals surface area contributed by atoms with E-state index in [4.69, 9.17) is 14.2 Å². The third-order valence-corrected chi connectivity index (χ3v) is 4.65. The van der Waals surface area contributed by atoms with E-state index in [1.54, 1.807) is 0 Å². The quantitative estimate of drug-likeness (QED) is 0.322. The van der Waals surface area contributed by atoms with E-state index in [-0.39, 0.29) is 12.5 Å². The predicted octanol–water partition coefficient (Wildman–Crippen LogP) is 0.714. The van der Waals surface area contributed by atoms with Gasteiger partial charge in [0.05, 0.1) is 19.8 Å². The Hall–Kier alpha value is -0.770. The molecule has 0 radical (unpaired) electrons. The lowest BCUT2D eigenvalue weighted by Gasteiger charge is -2.42. The molecule has 1 aliphatic heterocycles. The number of rotatable bonds is 14. The molecule has 0 aromatic heterocycles. The number of ether oxygens (including phenoxy) is 3. The van der Waals surface area contributed by atoms with Crippen LogP contribution in [0.2, 0.25) is 0 Å². The molecule has 1 heterocycles. The highest BCUT2D eigenvalue weighted by atomic mass is 16.7. The van der Waals surface area contributed by atoms with Crippen molar-refractivity contribution in [1.29, 1.82) is 0 Å². The first kappa shape index (κ1) is 24.3. The topological polar surface area (TPSA) is 117 Å². The first-order chi connectivity index (χ1) is 13.0. The second-order valence-corrected chi connectivity index (χ2v) is 7.04. The maximum absolute atomic E-state index is 11.3. The molecular formula is C19H37NO7. The van der Waals surface area contributed by atoms with Crippen LogP contribution in [-0.2, 0) is 19.0 Å². The maximum Gasteiger partial charge on any atom is 0.217 e. The van der Waals surface area contributed by atoms with Crippen LogP contribution < -0.4 is 5.32 Å². The smallest absolute Gasteiger partial charge is 0.217 e. The second kappa shape index (κ2) is 14.3. The van der Waals surface area contributed by atoms with Gasteiger partial charge in [0, 0.05) is 13.5 Å². The molecule has 1 aliphatic rings. The first-order valence-electron chi connectivity index (χ1n) is 10.1. The largest absolute Gasteiger partial charge is 0.394 e. The minimum atomic E-state index is -1.31. The van der Waals surface area contributed by atoms with Crippen molar-refractivity contribution in [3.05, 3.63) is 0 Å². The Morgan fingerprint density at radius 3 is 2.30 bits per heavy atom. The van der Waals surface area contributed by atoms with Crippen LogP contribution in [0.4, 0.5) is 0 Å².